The van der Waals surface area contributed by atoms with Gasteiger partial charge in [-0.25, -0.2) is 9.29 Å². The zero-order valence-corrected chi connectivity index (χ0v) is 14.3. The minimum Gasteiger partial charge on any atom is -0.268 e. The lowest BCUT2D eigenvalue weighted by atomic mass is 10.1. The van der Waals surface area contributed by atoms with Crippen molar-refractivity contribution in [3.8, 4) is 0 Å². The van der Waals surface area contributed by atoms with E-state index in [0.717, 1.165) is 22.2 Å². The van der Waals surface area contributed by atoms with Crippen LogP contribution in [0.2, 0.25) is 0 Å². The number of thiocarbonyl (C=S) groups is 1. The summed E-state index contributed by atoms with van der Waals surface area (Å²) in [6, 6.07) is 13.0. The molecule has 3 rings (SSSR count). The zero-order chi connectivity index (χ0) is 17.3. The number of carbonyl (C=O) groups excluding carboxylic acids is 2. The maximum Gasteiger partial charge on any atom is 0.273 e. The largest absolute Gasteiger partial charge is 0.273 e. The summed E-state index contributed by atoms with van der Waals surface area (Å²) in [5.41, 5.74) is 1.58. The van der Waals surface area contributed by atoms with E-state index < -0.39 is 17.6 Å². The molecule has 2 amide bonds. The van der Waals surface area contributed by atoms with Crippen molar-refractivity contribution in [2.24, 2.45) is 0 Å². The van der Waals surface area contributed by atoms with Crippen LogP contribution in [0.15, 0.2) is 53.4 Å². The average Bonchev–Trinajstić information content (AvgIpc) is 2.83. The summed E-state index contributed by atoms with van der Waals surface area (Å²) in [5, 5.41) is 0. The van der Waals surface area contributed by atoms with Gasteiger partial charge in [-0.3, -0.25) is 9.59 Å². The maximum atomic E-state index is 13.8. The van der Waals surface area contributed by atoms with Crippen molar-refractivity contribution < 1.29 is 14.0 Å². The van der Waals surface area contributed by atoms with E-state index in [-0.39, 0.29) is 14.8 Å². The van der Waals surface area contributed by atoms with Crippen LogP contribution in [0.3, 0.4) is 0 Å². The number of rotatable bonds is 2. The Morgan fingerprint density at radius 3 is 2.67 bits per heavy atom. The quantitative estimate of drug-likeness (QED) is 0.459. The molecule has 120 valence electrons. The van der Waals surface area contributed by atoms with Gasteiger partial charge in [-0.2, -0.15) is 0 Å². The Bertz CT molecular complexity index is 892. The zero-order valence-electron chi connectivity index (χ0n) is 12.7. The summed E-state index contributed by atoms with van der Waals surface area (Å²) in [5.74, 6) is -1.44. The summed E-state index contributed by atoms with van der Waals surface area (Å²) < 4.78 is 13.9. The van der Waals surface area contributed by atoms with Crippen LogP contribution in [0.25, 0.3) is 6.08 Å². The van der Waals surface area contributed by atoms with Crippen molar-refractivity contribution in [1.82, 2.24) is 4.90 Å². The average molecular weight is 357 g/mol. The Labute approximate surface area is 148 Å². The second-order valence-electron chi connectivity index (χ2n) is 5.21. The highest BCUT2D eigenvalue weighted by Crippen LogP contribution is 2.34. The molecule has 24 heavy (non-hydrogen) atoms. The Hall–Kier alpha value is -2.31. The summed E-state index contributed by atoms with van der Waals surface area (Å²) in [4.78, 5) is 26.3. The number of hydrogen-bond acceptors (Lipinski definition) is 4. The van der Waals surface area contributed by atoms with Gasteiger partial charge in [-0.1, -0.05) is 59.9 Å². The Balaban J connectivity index is 1.92. The Kier molecular flexibility index (Phi) is 4.59. The van der Waals surface area contributed by atoms with Crippen molar-refractivity contribution in [1.29, 1.82) is 0 Å². The van der Waals surface area contributed by atoms with Crippen LogP contribution in [0.1, 0.15) is 21.5 Å². The van der Waals surface area contributed by atoms with E-state index in [1.54, 1.807) is 36.4 Å². The lowest BCUT2D eigenvalue weighted by Gasteiger charge is -2.12. The highest BCUT2D eigenvalue weighted by atomic mass is 32.2. The number of aryl methyl sites for hydroxylation is 1. The summed E-state index contributed by atoms with van der Waals surface area (Å²) >= 11 is 6.16. The molecule has 0 aliphatic carbocycles. The number of halogens is 1. The molecule has 6 heteroatoms. The molecule has 3 nitrogen and oxygen atoms in total. The van der Waals surface area contributed by atoms with Gasteiger partial charge in [-0.05, 0) is 31.2 Å². The van der Waals surface area contributed by atoms with Crippen molar-refractivity contribution in [3.63, 3.8) is 0 Å². The van der Waals surface area contributed by atoms with Crippen LogP contribution in [-0.2, 0) is 4.79 Å². The first-order valence-corrected chi connectivity index (χ1v) is 8.33. The van der Waals surface area contributed by atoms with Gasteiger partial charge in [0.05, 0.1) is 4.91 Å². The van der Waals surface area contributed by atoms with E-state index in [2.05, 4.69) is 0 Å². The van der Waals surface area contributed by atoms with Gasteiger partial charge in [0.1, 0.15) is 5.82 Å². The van der Waals surface area contributed by atoms with E-state index in [1.165, 1.54) is 12.1 Å². The number of nitrogens with zero attached hydrogens (tertiary/aromatic N) is 1. The first-order chi connectivity index (χ1) is 11.5. The predicted octanol–water partition coefficient (Wildman–Crippen LogP) is 4.18. The first kappa shape index (κ1) is 16.5. The summed E-state index contributed by atoms with van der Waals surface area (Å²) in [6.45, 7) is 1.86. The third-order valence-electron chi connectivity index (χ3n) is 3.45. The van der Waals surface area contributed by atoms with Crippen molar-refractivity contribution in [2.45, 2.75) is 6.92 Å². The van der Waals surface area contributed by atoms with Crippen LogP contribution >= 0.6 is 24.0 Å². The van der Waals surface area contributed by atoms with Gasteiger partial charge in [0, 0.05) is 11.1 Å². The Morgan fingerprint density at radius 2 is 1.96 bits per heavy atom. The molecule has 2 aromatic carbocycles. The third-order valence-corrected chi connectivity index (χ3v) is 4.76. The van der Waals surface area contributed by atoms with Gasteiger partial charge in [0.25, 0.3) is 11.8 Å². The number of imide groups is 1. The van der Waals surface area contributed by atoms with Crippen molar-refractivity contribution in [2.75, 3.05) is 0 Å². The topological polar surface area (TPSA) is 37.4 Å². The van der Waals surface area contributed by atoms with Crippen molar-refractivity contribution in [3.05, 3.63) is 75.9 Å². The highest BCUT2D eigenvalue weighted by Gasteiger charge is 2.37. The molecule has 1 aliphatic heterocycles. The van der Waals surface area contributed by atoms with Crippen LogP contribution < -0.4 is 0 Å². The van der Waals surface area contributed by atoms with Crippen LogP contribution in [-0.4, -0.2) is 21.0 Å². The standard InChI is InChI=1S/C18H12FNO2S2/c1-11-5-4-7-13(9-11)16(21)20-17(22)15(24-18(20)23)10-12-6-2-3-8-14(12)19/h2-10H,1H3/b15-10-. The second-order valence-corrected chi connectivity index (χ2v) is 6.89. The molecular weight excluding hydrogens is 345 g/mol. The molecule has 1 fully saturated rings. The molecule has 0 aromatic heterocycles. The monoisotopic (exact) mass is 357 g/mol. The fraction of sp³-hybridized carbons (Fsp3) is 0.0556. The predicted molar refractivity (Wildman–Crippen MR) is 96.9 cm³/mol. The van der Waals surface area contributed by atoms with Crippen LogP contribution in [0.4, 0.5) is 4.39 Å². The van der Waals surface area contributed by atoms with Gasteiger partial charge in [0.2, 0.25) is 0 Å². The van der Waals surface area contributed by atoms with Gasteiger partial charge in [-0.15, -0.1) is 0 Å². The molecule has 0 atom stereocenters. The summed E-state index contributed by atoms with van der Waals surface area (Å²) in [7, 11) is 0. The number of thioether (sulfide) groups is 1. The Morgan fingerprint density at radius 1 is 1.21 bits per heavy atom. The second kappa shape index (κ2) is 6.67. The third kappa shape index (κ3) is 3.16. The molecule has 0 unspecified atom stereocenters. The molecule has 0 saturated carbocycles. The number of benzene rings is 2. The first-order valence-electron chi connectivity index (χ1n) is 7.11. The number of amides is 2. The number of hydrogen-bond donors (Lipinski definition) is 0. The smallest absolute Gasteiger partial charge is 0.268 e. The molecule has 0 N–H and O–H groups in total. The van der Waals surface area contributed by atoms with Gasteiger partial charge >= 0.3 is 0 Å². The van der Waals surface area contributed by atoms with E-state index >= 15 is 0 Å². The molecule has 0 bridgehead atoms. The maximum absolute atomic E-state index is 13.8. The SMILES string of the molecule is Cc1cccc(C(=O)N2C(=O)/C(=C/c3ccccc3F)SC2=S)c1. The van der Waals surface area contributed by atoms with Gasteiger partial charge < -0.3 is 0 Å². The lowest BCUT2D eigenvalue weighted by Crippen LogP contribution is -2.34. The van der Waals surface area contributed by atoms with Gasteiger partial charge in [0.15, 0.2) is 4.32 Å². The highest BCUT2D eigenvalue weighted by molar-refractivity contribution is 8.26. The van der Waals surface area contributed by atoms with Crippen molar-refractivity contribution >= 4 is 46.2 Å². The molecule has 0 spiro atoms. The van der Waals surface area contributed by atoms with E-state index in [9.17, 15) is 14.0 Å². The number of carbonyl (C=O) groups is 2. The molecule has 0 radical (unpaired) electrons. The van der Waals surface area contributed by atoms with E-state index in [1.807, 2.05) is 13.0 Å². The minimum atomic E-state index is -0.528. The summed E-state index contributed by atoms with van der Waals surface area (Å²) in [6.07, 6.45) is 1.41. The van der Waals surface area contributed by atoms with E-state index in [4.69, 9.17) is 12.2 Å². The van der Waals surface area contributed by atoms with Crippen LogP contribution in [0.5, 0.6) is 0 Å². The fourth-order valence-electron chi connectivity index (χ4n) is 2.28. The van der Waals surface area contributed by atoms with E-state index in [0.29, 0.717) is 5.56 Å². The normalized spacial score (nSPS) is 16.1. The molecule has 2 aromatic rings. The minimum absolute atomic E-state index is 0.147. The fourth-order valence-corrected chi connectivity index (χ4v) is 3.53. The molecule has 1 heterocycles. The molecule has 1 aliphatic rings. The lowest BCUT2D eigenvalue weighted by molar-refractivity contribution is -0.120. The van der Waals surface area contributed by atoms with Crippen LogP contribution in [0, 0.1) is 12.7 Å². The molecular formula is C18H12FNO2S2. The molecule has 1 saturated heterocycles.